The van der Waals surface area contributed by atoms with Gasteiger partial charge in [0.05, 0.1) is 23.7 Å². The molecule has 0 aliphatic carbocycles. The van der Waals surface area contributed by atoms with Crippen LogP contribution in [-0.4, -0.2) is 67.3 Å². The highest BCUT2D eigenvalue weighted by molar-refractivity contribution is 7.98. The highest BCUT2D eigenvalue weighted by Crippen LogP contribution is 2.40. The van der Waals surface area contributed by atoms with E-state index in [9.17, 15) is 9.59 Å². The third kappa shape index (κ3) is 6.16. The van der Waals surface area contributed by atoms with Crippen molar-refractivity contribution in [1.82, 2.24) is 14.5 Å². The van der Waals surface area contributed by atoms with Crippen LogP contribution in [0, 0.1) is 6.92 Å². The first-order chi connectivity index (χ1) is 22.4. The van der Waals surface area contributed by atoms with Crippen molar-refractivity contribution in [3.63, 3.8) is 0 Å². The largest absolute Gasteiger partial charge is 0.444 e. The van der Waals surface area contributed by atoms with Crippen molar-refractivity contribution in [3.05, 3.63) is 107 Å². The fourth-order valence-electron chi connectivity index (χ4n) is 5.69. The molecule has 236 valence electrons. The number of aromatic nitrogens is 3. The van der Waals surface area contributed by atoms with Gasteiger partial charge in [-0.25, -0.2) is 14.8 Å². The molecule has 0 bridgehead atoms. The molecule has 0 N–H and O–H groups in total. The lowest BCUT2D eigenvalue weighted by Gasteiger charge is -2.38. The molecule has 10 nitrogen and oxygen atoms in total. The second kappa shape index (κ2) is 13.6. The number of amides is 1. The minimum absolute atomic E-state index is 0.176. The molecule has 46 heavy (non-hydrogen) atoms. The molecule has 0 fully saturated rings. The number of hydrogen-bond acceptors (Lipinski definition) is 9. The van der Waals surface area contributed by atoms with E-state index in [1.54, 1.807) is 22.8 Å². The number of fused-ring (bicyclic) bond motifs is 2. The number of ether oxygens (including phenoxy) is 2. The summed E-state index contributed by atoms with van der Waals surface area (Å²) in [6.45, 7) is 4.22. The molecule has 0 saturated carbocycles. The second-order valence-corrected chi connectivity index (χ2v) is 11.8. The maximum absolute atomic E-state index is 14.5. The van der Waals surface area contributed by atoms with Crippen LogP contribution in [0.25, 0.3) is 16.7 Å². The number of aryl methyl sites for hydroxylation is 1. The van der Waals surface area contributed by atoms with Gasteiger partial charge in [-0.3, -0.25) is 14.3 Å². The summed E-state index contributed by atoms with van der Waals surface area (Å²) in [5.41, 5.74) is 5.77. The molecular formula is C35H36N6O4S. The average molecular weight is 637 g/mol. The van der Waals surface area contributed by atoms with Crippen LogP contribution in [0.2, 0.25) is 0 Å². The van der Waals surface area contributed by atoms with Crippen molar-refractivity contribution in [1.29, 1.82) is 0 Å². The van der Waals surface area contributed by atoms with E-state index in [4.69, 9.17) is 14.5 Å². The highest BCUT2D eigenvalue weighted by atomic mass is 32.2. The van der Waals surface area contributed by atoms with Crippen LogP contribution in [0.1, 0.15) is 11.1 Å². The maximum atomic E-state index is 14.5. The molecule has 0 radical (unpaired) electrons. The van der Waals surface area contributed by atoms with Gasteiger partial charge in [-0.05, 0) is 60.7 Å². The molecule has 1 aliphatic rings. The summed E-state index contributed by atoms with van der Waals surface area (Å²) in [7, 11) is 3.69. The van der Waals surface area contributed by atoms with Gasteiger partial charge in [-0.2, -0.15) is 0 Å². The van der Waals surface area contributed by atoms with Crippen molar-refractivity contribution in [3.8, 4) is 5.69 Å². The number of benzene rings is 3. The number of carbonyl (C=O) groups is 1. The fourth-order valence-corrected chi connectivity index (χ4v) is 6.02. The number of nitrogens with zero attached hydrogens (tertiary/aromatic N) is 6. The number of pyridine rings is 1. The Morgan fingerprint density at radius 2 is 1.78 bits per heavy atom. The van der Waals surface area contributed by atoms with Crippen molar-refractivity contribution in [2.45, 2.75) is 18.7 Å². The van der Waals surface area contributed by atoms with Crippen molar-refractivity contribution in [2.24, 2.45) is 0 Å². The summed E-state index contributed by atoms with van der Waals surface area (Å²) < 4.78 is 12.6. The molecule has 2 aromatic heterocycles. The highest BCUT2D eigenvalue weighted by Gasteiger charge is 2.32. The van der Waals surface area contributed by atoms with Gasteiger partial charge in [-0.1, -0.05) is 54.2 Å². The lowest BCUT2D eigenvalue weighted by Crippen LogP contribution is -2.44. The van der Waals surface area contributed by atoms with E-state index in [-0.39, 0.29) is 12.2 Å². The molecule has 11 heteroatoms. The molecule has 0 spiro atoms. The first-order valence-corrected chi connectivity index (χ1v) is 16.2. The first-order valence-electron chi connectivity index (χ1n) is 15.0. The van der Waals surface area contributed by atoms with E-state index in [0.717, 1.165) is 40.1 Å². The van der Waals surface area contributed by atoms with Gasteiger partial charge >= 0.3 is 6.09 Å². The number of anilines is 4. The summed E-state index contributed by atoms with van der Waals surface area (Å²) in [4.78, 5) is 42.9. The minimum Gasteiger partial charge on any atom is -0.444 e. The molecule has 6 rings (SSSR count). The Hall–Kier alpha value is -4.87. The van der Waals surface area contributed by atoms with Crippen molar-refractivity contribution in [2.75, 3.05) is 61.4 Å². The second-order valence-electron chi connectivity index (χ2n) is 11.0. The van der Waals surface area contributed by atoms with Gasteiger partial charge in [0, 0.05) is 51.1 Å². The van der Waals surface area contributed by atoms with E-state index >= 15 is 0 Å². The summed E-state index contributed by atoms with van der Waals surface area (Å²) in [6.07, 6.45) is 3.24. The topological polar surface area (TPSA) is 93.0 Å². The molecule has 3 heterocycles. The Morgan fingerprint density at radius 3 is 2.52 bits per heavy atom. The SMILES string of the molecule is COCCN(C)c1ccc(-n2c(=O)c(N3CCN(C(=O)OCc4ccccc4)c4c(C)cccc43)cc3cnc(SC)nc32)cc1. The summed E-state index contributed by atoms with van der Waals surface area (Å²) in [5, 5.41) is 1.31. The molecular weight excluding hydrogens is 600 g/mol. The average Bonchev–Trinajstić information content (AvgIpc) is 3.09. The van der Waals surface area contributed by atoms with Crippen LogP contribution in [0.4, 0.5) is 27.5 Å². The molecule has 0 atom stereocenters. The van der Waals surface area contributed by atoms with Gasteiger partial charge in [0.2, 0.25) is 0 Å². The van der Waals surface area contributed by atoms with Crippen LogP contribution in [-0.2, 0) is 16.1 Å². The Kier molecular flexibility index (Phi) is 9.23. The summed E-state index contributed by atoms with van der Waals surface area (Å²) in [5.74, 6) is 0. The summed E-state index contributed by atoms with van der Waals surface area (Å²) in [6, 6.07) is 25.1. The van der Waals surface area contributed by atoms with E-state index in [1.165, 1.54) is 11.8 Å². The Morgan fingerprint density at radius 1 is 1.00 bits per heavy atom. The smallest absolute Gasteiger partial charge is 0.414 e. The predicted octanol–water partition coefficient (Wildman–Crippen LogP) is 6.19. The number of hydrogen-bond donors (Lipinski definition) is 0. The number of para-hydroxylation sites is 1. The van der Waals surface area contributed by atoms with Gasteiger partial charge in [-0.15, -0.1) is 0 Å². The molecule has 0 saturated heterocycles. The lowest BCUT2D eigenvalue weighted by atomic mass is 10.1. The predicted molar refractivity (Wildman–Crippen MR) is 184 cm³/mol. The van der Waals surface area contributed by atoms with Crippen LogP contribution < -0.4 is 20.3 Å². The molecule has 5 aromatic rings. The number of methoxy groups -OCH3 is 1. The van der Waals surface area contributed by atoms with Crippen LogP contribution in [0.3, 0.4) is 0 Å². The Labute approximate surface area is 272 Å². The maximum Gasteiger partial charge on any atom is 0.414 e. The molecule has 1 aliphatic heterocycles. The normalized spacial score (nSPS) is 12.7. The Bertz CT molecular complexity index is 1920. The van der Waals surface area contributed by atoms with Gasteiger partial charge < -0.3 is 19.3 Å². The van der Waals surface area contributed by atoms with Crippen LogP contribution in [0.15, 0.2) is 95.0 Å². The lowest BCUT2D eigenvalue weighted by molar-refractivity contribution is 0.147. The van der Waals surface area contributed by atoms with E-state index in [0.29, 0.717) is 41.9 Å². The van der Waals surface area contributed by atoms with Crippen LogP contribution >= 0.6 is 11.8 Å². The first kappa shape index (κ1) is 31.1. The standard InChI is InChI=1S/C35H36N6O4S/c1-24-9-8-12-29-31(24)40(35(43)45-23-25-10-6-5-7-11-25)18-17-39(29)30-21-26-22-36-34(46-4)37-32(26)41(33(30)42)28-15-13-27(14-16-28)38(2)19-20-44-3/h5-16,21-22H,17-20,23H2,1-4H3. The van der Waals surface area contributed by atoms with Crippen LogP contribution in [0.5, 0.6) is 0 Å². The zero-order valence-electron chi connectivity index (χ0n) is 26.3. The summed E-state index contributed by atoms with van der Waals surface area (Å²) >= 11 is 1.42. The number of likely N-dealkylation sites (N-methyl/N-ethyl adjacent to an activating group) is 1. The van der Waals surface area contributed by atoms with Crippen molar-refractivity contribution >= 4 is 51.6 Å². The fraction of sp³-hybridized carbons (Fsp3) is 0.257. The zero-order valence-corrected chi connectivity index (χ0v) is 27.2. The van der Waals surface area contributed by atoms with Crippen molar-refractivity contribution < 1.29 is 14.3 Å². The van der Waals surface area contributed by atoms with Gasteiger partial charge in [0.15, 0.2) is 10.8 Å². The van der Waals surface area contributed by atoms with E-state index in [2.05, 4.69) is 9.88 Å². The van der Waals surface area contributed by atoms with Gasteiger partial charge in [0.1, 0.15) is 12.3 Å². The van der Waals surface area contributed by atoms with E-state index < -0.39 is 6.09 Å². The molecule has 3 aromatic carbocycles. The number of rotatable bonds is 9. The third-order valence-corrected chi connectivity index (χ3v) is 8.66. The quantitative estimate of drug-likeness (QED) is 0.139. The van der Waals surface area contributed by atoms with E-state index in [1.807, 2.05) is 104 Å². The monoisotopic (exact) mass is 636 g/mol. The molecule has 0 unspecified atom stereocenters. The number of carbonyl (C=O) groups excluding carboxylic acids is 1. The minimum atomic E-state index is -0.427. The third-order valence-electron chi connectivity index (χ3n) is 8.10. The number of thioether (sulfide) groups is 1. The zero-order chi connectivity index (χ0) is 32.2. The molecule has 1 amide bonds. The Balaban J connectivity index is 1.41. The van der Waals surface area contributed by atoms with Gasteiger partial charge in [0.25, 0.3) is 5.56 Å².